The standard InChI is InChI=1S/C12H17NO4S/c1-8-4-6-11(7-5-8)18(16,17)13-10(3)9(2)12(14)15/h4-7,9-10,13H,1-3H3,(H,14,15). The van der Waals surface area contributed by atoms with Gasteiger partial charge in [-0.25, -0.2) is 13.1 Å². The molecule has 0 fully saturated rings. The summed E-state index contributed by atoms with van der Waals surface area (Å²) in [5, 5.41) is 8.82. The number of aliphatic carboxylic acids is 1. The topological polar surface area (TPSA) is 83.5 Å². The van der Waals surface area contributed by atoms with Crippen LogP contribution in [0.4, 0.5) is 0 Å². The van der Waals surface area contributed by atoms with Crippen molar-refractivity contribution in [1.29, 1.82) is 0 Å². The third-order valence-electron chi connectivity index (χ3n) is 2.81. The van der Waals surface area contributed by atoms with Crippen molar-refractivity contribution < 1.29 is 18.3 Å². The predicted molar refractivity (Wildman–Crippen MR) is 67.8 cm³/mol. The molecule has 0 radical (unpaired) electrons. The number of hydrogen-bond acceptors (Lipinski definition) is 3. The molecule has 1 aromatic carbocycles. The summed E-state index contributed by atoms with van der Waals surface area (Å²) in [6.07, 6.45) is 0. The second-order valence-corrected chi connectivity index (χ2v) is 6.06. The molecule has 0 bridgehead atoms. The largest absolute Gasteiger partial charge is 0.481 e. The summed E-state index contributed by atoms with van der Waals surface area (Å²) in [7, 11) is -3.67. The van der Waals surface area contributed by atoms with Crippen LogP contribution < -0.4 is 4.72 Å². The molecule has 0 heterocycles. The molecule has 1 rings (SSSR count). The van der Waals surface area contributed by atoms with Crippen LogP contribution in [0.25, 0.3) is 0 Å². The van der Waals surface area contributed by atoms with Gasteiger partial charge in [0.15, 0.2) is 0 Å². The zero-order valence-electron chi connectivity index (χ0n) is 10.5. The summed E-state index contributed by atoms with van der Waals surface area (Å²) in [5.41, 5.74) is 0.959. The van der Waals surface area contributed by atoms with E-state index in [-0.39, 0.29) is 4.90 Å². The molecule has 2 N–H and O–H groups in total. The Morgan fingerprint density at radius 3 is 2.17 bits per heavy atom. The van der Waals surface area contributed by atoms with E-state index in [2.05, 4.69) is 4.72 Å². The molecular weight excluding hydrogens is 254 g/mol. The van der Waals surface area contributed by atoms with E-state index in [0.29, 0.717) is 0 Å². The highest BCUT2D eigenvalue weighted by molar-refractivity contribution is 7.89. The van der Waals surface area contributed by atoms with E-state index in [9.17, 15) is 13.2 Å². The third-order valence-corrected chi connectivity index (χ3v) is 4.39. The van der Waals surface area contributed by atoms with E-state index in [0.717, 1.165) is 5.56 Å². The first kappa shape index (κ1) is 14.7. The molecule has 2 unspecified atom stereocenters. The molecule has 0 spiro atoms. The van der Waals surface area contributed by atoms with E-state index < -0.39 is 28.0 Å². The normalized spacial score (nSPS) is 15.1. The zero-order valence-corrected chi connectivity index (χ0v) is 11.4. The molecule has 0 aliphatic heterocycles. The van der Waals surface area contributed by atoms with Crippen LogP contribution in [0, 0.1) is 12.8 Å². The van der Waals surface area contributed by atoms with Crippen molar-refractivity contribution in [2.75, 3.05) is 0 Å². The van der Waals surface area contributed by atoms with Crippen LogP contribution in [0.5, 0.6) is 0 Å². The van der Waals surface area contributed by atoms with Crippen LogP contribution in [0.3, 0.4) is 0 Å². The van der Waals surface area contributed by atoms with E-state index in [1.807, 2.05) is 6.92 Å². The Bertz CT molecular complexity index is 522. The Morgan fingerprint density at radius 1 is 1.22 bits per heavy atom. The van der Waals surface area contributed by atoms with Gasteiger partial charge in [0, 0.05) is 6.04 Å². The van der Waals surface area contributed by atoms with Crippen molar-refractivity contribution in [1.82, 2.24) is 4.72 Å². The van der Waals surface area contributed by atoms with Crippen LogP contribution >= 0.6 is 0 Å². The second-order valence-electron chi connectivity index (χ2n) is 4.35. The lowest BCUT2D eigenvalue weighted by Gasteiger charge is -2.17. The molecule has 0 saturated carbocycles. The minimum atomic E-state index is -3.67. The molecular formula is C12H17NO4S. The van der Waals surface area contributed by atoms with E-state index in [1.54, 1.807) is 12.1 Å². The molecule has 0 aromatic heterocycles. The van der Waals surface area contributed by atoms with Crippen molar-refractivity contribution in [2.24, 2.45) is 5.92 Å². The fourth-order valence-electron chi connectivity index (χ4n) is 1.35. The molecule has 18 heavy (non-hydrogen) atoms. The van der Waals surface area contributed by atoms with Gasteiger partial charge in [-0.15, -0.1) is 0 Å². The number of rotatable bonds is 5. The highest BCUT2D eigenvalue weighted by atomic mass is 32.2. The number of sulfonamides is 1. The first-order chi connectivity index (χ1) is 8.24. The summed E-state index contributed by atoms with van der Waals surface area (Å²) in [6.45, 7) is 4.86. The molecule has 2 atom stereocenters. The first-order valence-corrected chi connectivity index (χ1v) is 7.04. The number of carboxylic acid groups (broad SMARTS) is 1. The molecule has 1 aromatic rings. The lowest BCUT2D eigenvalue weighted by atomic mass is 10.1. The maximum absolute atomic E-state index is 12.0. The molecule has 100 valence electrons. The number of aryl methyl sites for hydroxylation is 1. The van der Waals surface area contributed by atoms with Gasteiger partial charge < -0.3 is 5.11 Å². The number of benzene rings is 1. The van der Waals surface area contributed by atoms with Crippen LogP contribution in [0.15, 0.2) is 29.2 Å². The molecule has 6 heteroatoms. The second kappa shape index (κ2) is 5.49. The maximum atomic E-state index is 12.0. The van der Waals surface area contributed by atoms with Crippen LogP contribution in [0.2, 0.25) is 0 Å². The van der Waals surface area contributed by atoms with Gasteiger partial charge in [-0.2, -0.15) is 0 Å². The van der Waals surface area contributed by atoms with E-state index in [4.69, 9.17) is 5.11 Å². The molecule has 0 saturated heterocycles. The van der Waals surface area contributed by atoms with Gasteiger partial charge in [-0.05, 0) is 26.0 Å². The minimum Gasteiger partial charge on any atom is -0.481 e. The van der Waals surface area contributed by atoms with E-state index in [1.165, 1.54) is 26.0 Å². The summed E-state index contributed by atoms with van der Waals surface area (Å²) >= 11 is 0. The summed E-state index contributed by atoms with van der Waals surface area (Å²) in [6, 6.07) is 5.71. The molecule has 5 nitrogen and oxygen atoms in total. The van der Waals surface area contributed by atoms with Crippen LogP contribution in [-0.2, 0) is 14.8 Å². The monoisotopic (exact) mass is 271 g/mol. The fraction of sp³-hybridized carbons (Fsp3) is 0.417. The third kappa shape index (κ3) is 3.54. The highest BCUT2D eigenvalue weighted by Crippen LogP contribution is 2.12. The summed E-state index contributed by atoms with van der Waals surface area (Å²) < 4.78 is 26.3. The number of carbonyl (C=O) groups is 1. The van der Waals surface area contributed by atoms with Crippen LogP contribution in [-0.4, -0.2) is 25.5 Å². The fourth-order valence-corrected chi connectivity index (χ4v) is 2.67. The van der Waals surface area contributed by atoms with Crippen molar-refractivity contribution in [3.05, 3.63) is 29.8 Å². The molecule has 0 aliphatic rings. The highest BCUT2D eigenvalue weighted by Gasteiger charge is 2.24. The predicted octanol–water partition coefficient (Wildman–Crippen LogP) is 1.38. The van der Waals surface area contributed by atoms with Gasteiger partial charge in [-0.3, -0.25) is 4.79 Å². The van der Waals surface area contributed by atoms with Gasteiger partial charge in [0.05, 0.1) is 10.8 Å². The van der Waals surface area contributed by atoms with Crippen molar-refractivity contribution in [2.45, 2.75) is 31.7 Å². The molecule has 0 aliphatic carbocycles. The number of carboxylic acids is 1. The Kier molecular flexibility index (Phi) is 4.48. The Morgan fingerprint density at radius 2 is 1.72 bits per heavy atom. The average molecular weight is 271 g/mol. The minimum absolute atomic E-state index is 0.137. The van der Waals surface area contributed by atoms with Gasteiger partial charge in [0.2, 0.25) is 10.0 Å². The summed E-state index contributed by atoms with van der Waals surface area (Å²) in [4.78, 5) is 10.9. The average Bonchev–Trinajstić information content (AvgIpc) is 2.27. The zero-order chi connectivity index (χ0) is 13.9. The van der Waals surface area contributed by atoms with Gasteiger partial charge in [-0.1, -0.05) is 24.6 Å². The van der Waals surface area contributed by atoms with Crippen molar-refractivity contribution in [3.63, 3.8) is 0 Å². The quantitative estimate of drug-likeness (QED) is 0.847. The smallest absolute Gasteiger partial charge is 0.307 e. The number of nitrogens with one attached hydrogen (secondary N) is 1. The van der Waals surface area contributed by atoms with Gasteiger partial charge in [0.25, 0.3) is 0 Å². The van der Waals surface area contributed by atoms with Gasteiger partial charge >= 0.3 is 5.97 Å². The molecule has 0 amide bonds. The lowest BCUT2D eigenvalue weighted by molar-refractivity contribution is -0.141. The Balaban J connectivity index is 2.89. The number of hydrogen-bond donors (Lipinski definition) is 2. The maximum Gasteiger partial charge on any atom is 0.307 e. The van der Waals surface area contributed by atoms with Crippen molar-refractivity contribution >= 4 is 16.0 Å². The lowest BCUT2D eigenvalue weighted by Crippen LogP contribution is -2.39. The van der Waals surface area contributed by atoms with Crippen molar-refractivity contribution in [3.8, 4) is 0 Å². The first-order valence-electron chi connectivity index (χ1n) is 5.56. The van der Waals surface area contributed by atoms with Gasteiger partial charge in [0.1, 0.15) is 0 Å². The van der Waals surface area contributed by atoms with E-state index >= 15 is 0 Å². The summed E-state index contributed by atoms with van der Waals surface area (Å²) in [5.74, 6) is -1.82. The Hall–Kier alpha value is -1.40. The Labute approximate surface area is 107 Å². The SMILES string of the molecule is Cc1ccc(S(=O)(=O)NC(C)C(C)C(=O)O)cc1. The van der Waals surface area contributed by atoms with Crippen LogP contribution in [0.1, 0.15) is 19.4 Å².